The van der Waals surface area contributed by atoms with Crippen LogP contribution in [0.25, 0.3) is 11.3 Å². The molecule has 3 aromatic rings. The highest BCUT2D eigenvalue weighted by Crippen LogP contribution is 2.20. The van der Waals surface area contributed by atoms with Gasteiger partial charge >= 0.3 is 0 Å². The average Bonchev–Trinajstić information content (AvgIpc) is 3.30. The van der Waals surface area contributed by atoms with Crippen molar-refractivity contribution in [2.75, 3.05) is 26.2 Å². The summed E-state index contributed by atoms with van der Waals surface area (Å²) in [6, 6.07) is 7.53. The lowest BCUT2D eigenvalue weighted by molar-refractivity contribution is 0.0761. The molecule has 0 atom stereocenters. The molecule has 1 aromatic carbocycles. The van der Waals surface area contributed by atoms with Gasteiger partial charge in [0.05, 0.1) is 16.9 Å². The maximum absolute atomic E-state index is 12.9. The van der Waals surface area contributed by atoms with Gasteiger partial charge in [-0.05, 0) is 25.5 Å². The molecule has 1 saturated heterocycles. The number of amides is 1. The van der Waals surface area contributed by atoms with Crippen molar-refractivity contribution in [1.29, 1.82) is 0 Å². The minimum Gasteiger partial charge on any atom is -0.444 e. The molecule has 6 nitrogen and oxygen atoms in total. The smallest absolute Gasteiger partial charge is 0.253 e. The van der Waals surface area contributed by atoms with Gasteiger partial charge in [-0.25, -0.2) is 9.97 Å². The Labute approximate surface area is 162 Å². The first-order chi connectivity index (χ1) is 13.2. The number of hydrogen-bond acceptors (Lipinski definition) is 6. The zero-order chi connectivity index (χ0) is 18.6. The highest BCUT2D eigenvalue weighted by atomic mass is 32.1. The molecule has 1 amide bonds. The molecule has 1 aliphatic heterocycles. The van der Waals surface area contributed by atoms with Crippen molar-refractivity contribution in [1.82, 2.24) is 19.8 Å². The molecular weight excluding hydrogens is 360 g/mol. The number of benzene rings is 1. The monoisotopic (exact) mass is 382 g/mol. The Kier molecular flexibility index (Phi) is 5.31. The van der Waals surface area contributed by atoms with E-state index in [1.54, 1.807) is 17.5 Å². The van der Waals surface area contributed by atoms with E-state index in [1.165, 1.54) is 6.39 Å². The molecule has 2 aromatic heterocycles. The number of thiazole rings is 1. The minimum atomic E-state index is 0.0884. The first kappa shape index (κ1) is 17.9. The largest absolute Gasteiger partial charge is 0.444 e. The highest BCUT2D eigenvalue weighted by molar-refractivity contribution is 7.09. The molecule has 140 valence electrons. The van der Waals surface area contributed by atoms with Crippen molar-refractivity contribution in [2.45, 2.75) is 19.9 Å². The van der Waals surface area contributed by atoms with Gasteiger partial charge in [-0.3, -0.25) is 9.69 Å². The van der Waals surface area contributed by atoms with E-state index >= 15 is 0 Å². The Bertz CT molecular complexity index is 889. The molecule has 27 heavy (non-hydrogen) atoms. The number of carbonyl (C=O) groups excluding carboxylic acids is 1. The van der Waals surface area contributed by atoms with Gasteiger partial charge in [-0.1, -0.05) is 12.1 Å². The SMILES string of the molecule is Cc1nc(CN2CCCN(C(=O)c3ccc(-c4cnco4)cc3)CC2)cs1. The molecule has 3 heterocycles. The molecule has 0 aliphatic carbocycles. The molecule has 0 spiro atoms. The number of aromatic nitrogens is 2. The first-order valence-electron chi connectivity index (χ1n) is 9.10. The molecule has 0 radical (unpaired) electrons. The average molecular weight is 382 g/mol. The van der Waals surface area contributed by atoms with Crippen LogP contribution in [-0.2, 0) is 6.54 Å². The zero-order valence-electron chi connectivity index (χ0n) is 15.3. The lowest BCUT2D eigenvalue weighted by Crippen LogP contribution is -2.35. The number of rotatable bonds is 4. The topological polar surface area (TPSA) is 62.5 Å². The van der Waals surface area contributed by atoms with Crippen LogP contribution in [0.15, 0.2) is 46.7 Å². The van der Waals surface area contributed by atoms with Crippen LogP contribution in [0.1, 0.15) is 27.5 Å². The van der Waals surface area contributed by atoms with Crippen LogP contribution >= 0.6 is 11.3 Å². The second-order valence-electron chi connectivity index (χ2n) is 6.72. The fourth-order valence-corrected chi connectivity index (χ4v) is 3.96. The van der Waals surface area contributed by atoms with Crippen molar-refractivity contribution in [3.05, 3.63) is 58.5 Å². The maximum Gasteiger partial charge on any atom is 0.253 e. The maximum atomic E-state index is 12.9. The summed E-state index contributed by atoms with van der Waals surface area (Å²) in [5, 5.41) is 3.23. The molecule has 7 heteroatoms. The van der Waals surface area contributed by atoms with E-state index in [4.69, 9.17) is 4.42 Å². The third-order valence-corrected chi connectivity index (χ3v) is 5.60. The summed E-state index contributed by atoms with van der Waals surface area (Å²) < 4.78 is 5.30. The number of carbonyl (C=O) groups is 1. The molecule has 1 fully saturated rings. The van der Waals surface area contributed by atoms with E-state index in [2.05, 4.69) is 20.2 Å². The van der Waals surface area contributed by atoms with Gasteiger partial charge in [0, 0.05) is 49.2 Å². The Hall–Kier alpha value is -2.51. The Balaban J connectivity index is 1.37. The van der Waals surface area contributed by atoms with E-state index in [1.807, 2.05) is 36.1 Å². The van der Waals surface area contributed by atoms with Gasteiger partial charge < -0.3 is 9.32 Å². The van der Waals surface area contributed by atoms with Crippen molar-refractivity contribution in [3.63, 3.8) is 0 Å². The van der Waals surface area contributed by atoms with Crippen LogP contribution < -0.4 is 0 Å². The molecular formula is C20H22N4O2S. The summed E-state index contributed by atoms with van der Waals surface area (Å²) in [6.07, 6.45) is 4.05. The second-order valence-corrected chi connectivity index (χ2v) is 7.79. The van der Waals surface area contributed by atoms with Crippen LogP contribution in [0.2, 0.25) is 0 Å². The summed E-state index contributed by atoms with van der Waals surface area (Å²) in [6.45, 7) is 6.28. The van der Waals surface area contributed by atoms with Gasteiger partial charge in [0.2, 0.25) is 0 Å². The van der Waals surface area contributed by atoms with Crippen LogP contribution in [0.5, 0.6) is 0 Å². The third-order valence-electron chi connectivity index (χ3n) is 4.78. The third kappa shape index (κ3) is 4.26. The lowest BCUT2D eigenvalue weighted by Gasteiger charge is -2.21. The number of aryl methyl sites for hydroxylation is 1. The predicted molar refractivity (Wildman–Crippen MR) is 105 cm³/mol. The predicted octanol–water partition coefficient (Wildman–Crippen LogP) is 3.45. The minimum absolute atomic E-state index is 0.0884. The van der Waals surface area contributed by atoms with E-state index in [9.17, 15) is 4.79 Å². The molecule has 4 rings (SSSR count). The number of oxazole rings is 1. The second kappa shape index (κ2) is 8.02. The van der Waals surface area contributed by atoms with Gasteiger partial charge in [0.25, 0.3) is 5.91 Å². The van der Waals surface area contributed by atoms with Crippen LogP contribution in [0.3, 0.4) is 0 Å². The van der Waals surface area contributed by atoms with Crippen molar-refractivity contribution < 1.29 is 9.21 Å². The Morgan fingerprint density at radius 2 is 2.04 bits per heavy atom. The summed E-state index contributed by atoms with van der Waals surface area (Å²) in [4.78, 5) is 25.7. The number of hydrogen-bond donors (Lipinski definition) is 0. The molecule has 0 bridgehead atoms. The fraction of sp³-hybridized carbons (Fsp3) is 0.350. The van der Waals surface area contributed by atoms with Gasteiger partial charge in [0.15, 0.2) is 12.2 Å². The Morgan fingerprint density at radius 3 is 2.74 bits per heavy atom. The fourth-order valence-electron chi connectivity index (χ4n) is 3.36. The van der Waals surface area contributed by atoms with Gasteiger partial charge in [-0.2, -0.15) is 0 Å². The summed E-state index contributed by atoms with van der Waals surface area (Å²) in [5.74, 6) is 0.794. The van der Waals surface area contributed by atoms with E-state index in [-0.39, 0.29) is 5.91 Å². The lowest BCUT2D eigenvalue weighted by atomic mass is 10.1. The van der Waals surface area contributed by atoms with Gasteiger partial charge in [-0.15, -0.1) is 11.3 Å². The van der Waals surface area contributed by atoms with Crippen molar-refractivity contribution in [3.8, 4) is 11.3 Å². The first-order valence-corrected chi connectivity index (χ1v) is 9.98. The van der Waals surface area contributed by atoms with Crippen LogP contribution in [0, 0.1) is 6.92 Å². The van der Waals surface area contributed by atoms with Crippen LogP contribution in [0.4, 0.5) is 0 Å². The normalized spacial score (nSPS) is 15.7. The number of nitrogens with zero attached hydrogens (tertiary/aromatic N) is 4. The van der Waals surface area contributed by atoms with Crippen LogP contribution in [-0.4, -0.2) is 51.9 Å². The summed E-state index contributed by atoms with van der Waals surface area (Å²) in [5.41, 5.74) is 2.76. The summed E-state index contributed by atoms with van der Waals surface area (Å²) >= 11 is 1.69. The molecule has 0 saturated carbocycles. The molecule has 1 aliphatic rings. The van der Waals surface area contributed by atoms with E-state index in [0.29, 0.717) is 11.3 Å². The quantitative estimate of drug-likeness (QED) is 0.692. The summed E-state index contributed by atoms with van der Waals surface area (Å²) in [7, 11) is 0. The van der Waals surface area contributed by atoms with Gasteiger partial charge in [0.1, 0.15) is 0 Å². The zero-order valence-corrected chi connectivity index (χ0v) is 16.1. The van der Waals surface area contributed by atoms with Crippen molar-refractivity contribution in [2.24, 2.45) is 0 Å². The highest BCUT2D eigenvalue weighted by Gasteiger charge is 2.21. The Morgan fingerprint density at radius 1 is 1.19 bits per heavy atom. The van der Waals surface area contributed by atoms with E-state index < -0.39 is 0 Å². The van der Waals surface area contributed by atoms with Crippen molar-refractivity contribution >= 4 is 17.2 Å². The molecule has 0 N–H and O–H groups in total. The molecule has 0 unspecified atom stereocenters. The van der Waals surface area contributed by atoms with E-state index in [0.717, 1.165) is 55.4 Å². The standard InChI is InChI=1S/C20H22N4O2S/c1-15-22-18(13-27-15)12-23-7-2-8-24(10-9-23)20(25)17-5-3-16(4-6-17)19-11-21-14-26-19/h3-6,11,13-14H,2,7-10,12H2,1H3.